The number of hydrogen-bond acceptors (Lipinski definition) is 5. The van der Waals surface area contributed by atoms with Gasteiger partial charge in [0, 0.05) is 13.6 Å². The summed E-state index contributed by atoms with van der Waals surface area (Å²) in [6.07, 6.45) is 3.61. The van der Waals surface area contributed by atoms with E-state index in [0.717, 1.165) is 36.8 Å². The van der Waals surface area contributed by atoms with Crippen LogP contribution in [0.5, 0.6) is 11.5 Å². The monoisotopic (exact) mass is 462 g/mol. The summed E-state index contributed by atoms with van der Waals surface area (Å²) >= 11 is 0. The third-order valence-corrected chi connectivity index (χ3v) is 6.20. The van der Waals surface area contributed by atoms with Gasteiger partial charge in [-0.15, -0.1) is 0 Å². The van der Waals surface area contributed by atoms with Crippen LogP contribution in [0.4, 0.5) is 5.69 Å². The Morgan fingerprint density at radius 2 is 1.78 bits per heavy atom. The van der Waals surface area contributed by atoms with Crippen molar-refractivity contribution in [2.24, 2.45) is 0 Å². The van der Waals surface area contributed by atoms with Gasteiger partial charge in [-0.2, -0.15) is 0 Å². The average Bonchev–Trinajstić information content (AvgIpc) is 2.78. The first-order chi connectivity index (χ1) is 15.3. The number of benzene rings is 2. The van der Waals surface area contributed by atoms with Gasteiger partial charge < -0.3 is 14.8 Å². The molecule has 0 fully saturated rings. The van der Waals surface area contributed by atoms with E-state index in [0.29, 0.717) is 31.0 Å². The predicted octanol–water partition coefficient (Wildman–Crippen LogP) is 3.78. The lowest BCUT2D eigenvalue weighted by molar-refractivity contribution is -0.128. The van der Waals surface area contributed by atoms with Crippen molar-refractivity contribution in [1.29, 1.82) is 0 Å². The number of nitrogens with zero attached hydrogens (tertiary/aromatic N) is 1. The molecular formula is C24H34N2O5S. The highest BCUT2D eigenvalue weighted by molar-refractivity contribution is 7.92. The number of carbonyl (C=O) groups is 1. The number of para-hydroxylation sites is 1. The van der Waals surface area contributed by atoms with Crippen LogP contribution in [0.15, 0.2) is 48.5 Å². The summed E-state index contributed by atoms with van der Waals surface area (Å²) in [5.41, 5.74) is 1.66. The SMILES string of the molecule is CCCOc1ccccc1CCCNC(=O)[C@H](CC)Oc1ccc(N(C)S(C)(=O)=O)cc1. The minimum Gasteiger partial charge on any atom is -0.493 e. The molecule has 0 heterocycles. The van der Waals surface area contributed by atoms with E-state index in [1.165, 1.54) is 11.4 Å². The molecule has 2 aromatic carbocycles. The maximum absolute atomic E-state index is 12.6. The Labute approximate surface area is 191 Å². The van der Waals surface area contributed by atoms with Gasteiger partial charge in [0.1, 0.15) is 11.5 Å². The normalized spacial score (nSPS) is 12.1. The van der Waals surface area contributed by atoms with Crippen molar-refractivity contribution in [3.63, 3.8) is 0 Å². The third kappa shape index (κ3) is 7.75. The topological polar surface area (TPSA) is 84.9 Å². The van der Waals surface area contributed by atoms with Crippen LogP contribution in [0.1, 0.15) is 38.7 Å². The van der Waals surface area contributed by atoms with Crippen LogP contribution in [-0.2, 0) is 21.2 Å². The van der Waals surface area contributed by atoms with Crippen molar-refractivity contribution in [2.45, 2.75) is 45.6 Å². The van der Waals surface area contributed by atoms with Gasteiger partial charge in [-0.1, -0.05) is 32.0 Å². The molecule has 0 aromatic heterocycles. The van der Waals surface area contributed by atoms with Gasteiger partial charge in [0.15, 0.2) is 6.10 Å². The third-order valence-electron chi connectivity index (χ3n) is 5.00. The molecule has 8 heteroatoms. The fraction of sp³-hybridized carbons (Fsp3) is 0.458. The molecule has 7 nitrogen and oxygen atoms in total. The van der Waals surface area contributed by atoms with E-state index in [4.69, 9.17) is 9.47 Å². The van der Waals surface area contributed by atoms with Crippen molar-refractivity contribution >= 4 is 21.6 Å². The number of nitrogens with one attached hydrogen (secondary N) is 1. The first kappa shape index (κ1) is 25.5. The fourth-order valence-electron chi connectivity index (χ4n) is 3.08. The molecule has 176 valence electrons. The van der Waals surface area contributed by atoms with Crippen molar-refractivity contribution in [3.05, 3.63) is 54.1 Å². The van der Waals surface area contributed by atoms with Crippen molar-refractivity contribution in [3.8, 4) is 11.5 Å². The Hall–Kier alpha value is -2.74. The Morgan fingerprint density at radius 3 is 2.41 bits per heavy atom. The van der Waals surface area contributed by atoms with Crippen molar-refractivity contribution < 1.29 is 22.7 Å². The number of amides is 1. The van der Waals surface area contributed by atoms with E-state index in [2.05, 4.69) is 18.3 Å². The quantitative estimate of drug-likeness (QED) is 0.458. The summed E-state index contributed by atoms with van der Waals surface area (Å²) in [4.78, 5) is 12.6. The number of ether oxygens (including phenoxy) is 2. The molecule has 0 aliphatic carbocycles. The zero-order valence-electron chi connectivity index (χ0n) is 19.3. The molecule has 32 heavy (non-hydrogen) atoms. The molecule has 0 unspecified atom stereocenters. The summed E-state index contributed by atoms with van der Waals surface area (Å²) in [5, 5.41) is 2.94. The second-order valence-electron chi connectivity index (χ2n) is 7.59. The van der Waals surface area contributed by atoms with E-state index >= 15 is 0 Å². The maximum Gasteiger partial charge on any atom is 0.261 e. The lowest BCUT2D eigenvalue weighted by Crippen LogP contribution is -2.38. The highest BCUT2D eigenvalue weighted by Gasteiger charge is 2.18. The number of aryl methyl sites for hydroxylation is 1. The van der Waals surface area contributed by atoms with Gasteiger partial charge in [0.2, 0.25) is 10.0 Å². The smallest absolute Gasteiger partial charge is 0.261 e. The Kier molecular flexibility index (Phi) is 9.84. The van der Waals surface area contributed by atoms with Crippen LogP contribution in [0.3, 0.4) is 0 Å². The zero-order valence-corrected chi connectivity index (χ0v) is 20.2. The number of hydrogen-bond donors (Lipinski definition) is 1. The van der Waals surface area contributed by atoms with Crippen LogP contribution in [-0.4, -0.2) is 46.9 Å². The summed E-state index contributed by atoms with van der Waals surface area (Å²) in [7, 11) is -1.84. The van der Waals surface area contributed by atoms with Gasteiger partial charge in [-0.25, -0.2) is 8.42 Å². The minimum atomic E-state index is -3.33. The van der Waals surface area contributed by atoms with Crippen LogP contribution < -0.4 is 19.1 Å². The Balaban J connectivity index is 1.85. The number of sulfonamides is 1. The molecule has 0 bridgehead atoms. The van der Waals surface area contributed by atoms with Gasteiger partial charge >= 0.3 is 0 Å². The van der Waals surface area contributed by atoms with Crippen molar-refractivity contribution in [2.75, 3.05) is 30.8 Å². The molecular weight excluding hydrogens is 428 g/mol. The van der Waals surface area contributed by atoms with E-state index in [1.54, 1.807) is 24.3 Å². The molecule has 0 radical (unpaired) electrons. The van der Waals surface area contributed by atoms with Gasteiger partial charge in [-0.3, -0.25) is 9.10 Å². The number of anilines is 1. The summed E-state index contributed by atoms with van der Waals surface area (Å²) in [6.45, 7) is 5.19. The second-order valence-corrected chi connectivity index (χ2v) is 9.60. The van der Waals surface area contributed by atoms with E-state index in [1.807, 2.05) is 25.1 Å². The second kappa shape index (κ2) is 12.3. The molecule has 2 rings (SSSR count). The largest absolute Gasteiger partial charge is 0.493 e. The Morgan fingerprint density at radius 1 is 1.09 bits per heavy atom. The lowest BCUT2D eigenvalue weighted by Gasteiger charge is -2.19. The first-order valence-electron chi connectivity index (χ1n) is 10.9. The maximum atomic E-state index is 12.6. The zero-order chi connectivity index (χ0) is 23.6. The summed E-state index contributed by atoms with van der Waals surface area (Å²) in [6, 6.07) is 14.6. The first-order valence-corrected chi connectivity index (χ1v) is 12.8. The molecule has 1 N–H and O–H groups in total. The summed E-state index contributed by atoms with van der Waals surface area (Å²) in [5.74, 6) is 1.25. The molecule has 1 atom stereocenters. The van der Waals surface area contributed by atoms with Crippen molar-refractivity contribution in [1.82, 2.24) is 5.32 Å². The van der Waals surface area contributed by atoms with E-state index in [-0.39, 0.29) is 5.91 Å². The highest BCUT2D eigenvalue weighted by Crippen LogP contribution is 2.22. The van der Waals surface area contributed by atoms with E-state index < -0.39 is 16.1 Å². The summed E-state index contributed by atoms with van der Waals surface area (Å²) < 4.78 is 36.1. The van der Waals surface area contributed by atoms with Gasteiger partial charge in [0.25, 0.3) is 5.91 Å². The molecule has 0 saturated heterocycles. The minimum absolute atomic E-state index is 0.166. The Bertz CT molecular complexity index is 961. The van der Waals surface area contributed by atoms with Crippen LogP contribution >= 0.6 is 0 Å². The molecule has 0 saturated carbocycles. The molecule has 0 spiro atoms. The molecule has 2 aromatic rings. The van der Waals surface area contributed by atoms with Crippen LogP contribution in [0.2, 0.25) is 0 Å². The average molecular weight is 463 g/mol. The fourth-order valence-corrected chi connectivity index (χ4v) is 3.58. The number of carbonyl (C=O) groups excluding carboxylic acids is 1. The van der Waals surface area contributed by atoms with Gasteiger partial charge in [-0.05, 0) is 61.6 Å². The van der Waals surface area contributed by atoms with Gasteiger partial charge in [0.05, 0.1) is 18.6 Å². The van der Waals surface area contributed by atoms with E-state index in [9.17, 15) is 13.2 Å². The molecule has 0 aliphatic heterocycles. The standard InChI is InChI=1S/C24H34N2O5S/c1-5-18-30-23-12-8-7-10-19(23)11-9-17-25-24(27)22(6-2)31-21-15-13-20(14-16-21)26(3)32(4,28)29/h7-8,10,12-16,22H,5-6,9,11,17-18H2,1-4H3,(H,25,27)/t22-/m0/s1. The molecule has 1 amide bonds. The number of rotatable bonds is 13. The molecule has 0 aliphatic rings. The van der Waals surface area contributed by atoms with Crippen LogP contribution in [0.25, 0.3) is 0 Å². The highest BCUT2D eigenvalue weighted by atomic mass is 32.2. The predicted molar refractivity (Wildman–Crippen MR) is 128 cm³/mol. The van der Waals surface area contributed by atoms with Crippen LogP contribution in [0, 0.1) is 0 Å². The lowest BCUT2D eigenvalue weighted by atomic mass is 10.1.